The lowest BCUT2D eigenvalue weighted by Crippen LogP contribution is -2.26. The molecule has 2 rings (SSSR count). The fourth-order valence-corrected chi connectivity index (χ4v) is 3.21. The second kappa shape index (κ2) is 9.23. The van der Waals surface area contributed by atoms with Gasteiger partial charge in [-0.3, -0.25) is 4.79 Å². The van der Waals surface area contributed by atoms with Gasteiger partial charge in [-0.2, -0.15) is 13.2 Å². The molecule has 8 heteroatoms. The highest BCUT2D eigenvalue weighted by atomic mass is 32.2. The first-order valence-corrected chi connectivity index (χ1v) is 8.96. The quantitative estimate of drug-likeness (QED) is 0.407. The maximum absolute atomic E-state index is 13.1. The zero-order chi connectivity index (χ0) is 20.0. The fourth-order valence-electron chi connectivity index (χ4n) is 2.59. The highest BCUT2D eigenvalue weighted by Crippen LogP contribution is 2.37. The summed E-state index contributed by atoms with van der Waals surface area (Å²) in [7, 11) is 0. The van der Waals surface area contributed by atoms with Gasteiger partial charge in [0.15, 0.2) is 0 Å². The first kappa shape index (κ1) is 21.2. The smallest absolute Gasteiger partial charge is 0.446 e. The average molecular weight is 402 g/mol. The summed E-state index contributed by atoms with van der Waals surface area (Å²) < 4.78 is 55.8. The molecule has 27 heavy (non-hydrogen) atoms. The highest BCUT2D eigenvalue weighted by molar-refractivity contribution is 8.00. The number of rotatable bonds is 7. The van der Waals surface area contributed by atoms with Crippen LogP contribution in [0.25, 0.3) is 0 Å². The third kappa shape index (κ3) is 6.55. The Hall–Kier alpha value is -2.06. The summed E-state index contributed by atoms with van der Waals surface area (Å²) in [6.45, 7) is 1.70. The van der Waals surface area contributed by atoms with Crippen molar-refractivity contribution in [3.63, 3.8) is 0 Å². The van der Waals surface area contributed by atoms with Gasteiger partial charge in [0, 0.05) is 4.90 Å². The minimum Gasteiger partial charge on any atom is -0.466 e. The number of aliphatic hydroxyl groups is 1. The van der Waals surface area contributed by atoms with E-state index in [1.807, 2.05) is 0 Å². The number of ether oxygens (including phenoxy) is 1. The number of esters is 1. The van der Waals surface area contributed by atoms with Crippen molar-refractivity contribution in [2.45, 2.75) is 29.9 Å². The van der Waals surface area contributed by atoms with Crippen molar-refractivity contribution in [3.8, 4) is 0 Å². The second-order valence-corrected chi connectivity index (χ2v) is 6.89. The van der Waals surface area contributed by atoms with Gasteiger partial charge in [0.25, 0.3) is 0 Å². The highest BCUT2D eigenvalue weighted by Gasteiger charge is 2.31. The molecule has 0 bridgehead atoms. The summed E-state index contributed by atoms with van der Waals surface area (Å²) in [5.41, 5.74) is -3.66. The monoisotopic (exact) mass is 402 g/mol. The van der Waals surface area contributed by atoms with Crippen molar-refractivity contribution >= 4 is 17.7 Å². The average Bonchev–Trinajstić information content (AvgIpc) is 2.59. The minimum absolute atomic E-state index is 0.0149. The maximum Gasteiger partial charge on any atom is 0.446 e. The normalized spacial score (nSPS) is 13.9. The number of alkyl halides is 3. The van der Waals surface area contributed by atoms with Crippen LogP contribution in [0.3, 0.4) is 0 Å². The van der Waals surface area contributed by atoms with Crippen LogP contribution in [0.5, 0.6) is 0 Å². The molecular formula is C19H18F4O3S. The molecule has 0 heterocycles. The summed E-state index contributed by atoms with van der Waals surface area (Å²) in [6.07, 6.45) is -1.31. The number of hydrogen-bond donors (Lipinski definition) is 1. The van der Waals surface area contributed by atoms with Crippen molar-refractivity contribution in [2.75, 3.05) is 6.61 Å². The van der Waals surface area contributed by atoms with Crippen LogP contribution in [0.15, 0.2) is 53.4 Å². The Labute approximate surface area is 158 Å². The van der Waals surface area contributed by atoms with Crippen LogP contribution in [-0.2, 0) is 16.0 Å². The van der Waals surface area contributed by atoms with Gasteiger partial charge in [-0.1, -0.05) is 24.3 Å². The third-order valence-electron chi connectivity index (χ3n) is 3.77. The van der Waals surface area contributed by atoms with Crippen molar-refractivity contribution in [3.05, 3.63) is 65.5 Å². The van der Waals surface area contributed by atoms with Gasteiger partial charge in [-0.05, 0) is 60.5 Å². The van der Waals surface area contributed by atoms with Crippen molar-refractivity contribution < 1.29 is 32.2 Å². The third-order valence-corrected chi connectivity index (χ3v) is 4.49. The SMILES string of the molecule is CCOC(=O)C(Cc1cccc(SC(F)(F)F)c1)C(O)c1ccc(F)cc1. The fraction of sp³-hybridized carbons (Fsp3) is 0.316. The largest absolute Gasteiger partial charge is 0.466 e. The van der Waals surface area contributed by atoms with E-state index in [1.54, 1.807) is 13.0 Å². The van der Waals surface area contributed by atoms with E-state index in [2.05, 4.69) is 0 Å². The lowest BCUT2D eigenvalue weighted by molar-refractivity contribution is -0.152. The number of carbonyl (C=O) groups is 1. The Balaban J connectivity index is 2.25. The van der Waals surface area contributed by atoms with E-state index in [-0.39, 0.29) is 29.7 Å². The van der Waals surface area contributed by atoms with E-state index in [9.17, 15) is 27.5 Å². The van der Waals surface area contributed by atoms with Gasteiger partial charge in [-0.25, -0.2) is 4.39 Å². The van der Waals surface area contributed by atoms with Gasteiger partial charge in [-0.15, -0.1) is 0 Å². The Bertz CT molecular complexity index is 762. The molecule has 2 aromatic carbocycles. The lowest BCUT2D eigenvalue weighted by Gasteiger charge is -2.22. The molecule has 0 saturated carbocycles. The number of thioether (sulfide) groups is 1. The molecule has 2 atom stereocenters. The van der Waals surface area contributed by atoms with Crippen molar-refractivity contribution in [2.24, 2.45) is 5.92 Å². The topological polar surface area (TPSA) is 46.5 Å². The predicted octanol–water partition coefficient (Wildman–Crippen LogP) is 4.89. The minimum atomic E-state index is -4.42. The zero-order valence-electron chi connectivity index (χ0n) is 14.4. The second-order valence-electron chi connectivity index (χ2n) is 5.75. The van der Waals surface area contributed by atoms with Crippen LogP contribution in [0, 0.1) is 11.7 Å². The number of carbonyl (C=O) groups excluding carboxylic acids is 1. The molecule has 0 aliphatic heterocycles. The molecule has 2 aromatic rings. The van der Waals surface area contributed by atoms with Gasteiger partial charge < -0.3 is 9.84 Å². The molecule has 1 N–H and O–H groups in total. The van der Waals surface area contributed by atoms with Crippen LogP contribution >= 0.6 is 11.8 Å². The number of aliphatic hydroxyl groups excluding tert-OH is 1. The van der Waals surface area contributed by atoms with Crippen LogP contribution in [0.1, 0.15) is 24.2 Å². The molecule has 0 saturated heterocycles. The van der Waals surface area contributed by atoms with Crippen LogP contribution in [0.4, 0.5) is 17.6 Å². The Morgan fingerprint density at radius 1 is 1.19 bits per heavy atom. The Morgan fingerprint density at radius 2 is 1.85 bits per heavy atom. The molecule has 0 amide bonds. The summed E-state index contributed by atoms with van der Waals surface area (Å²) >= 11 is -0.253. The molecule has 0 fully saturated rings. The van der Waals surface area contributed by atoms with Crippen LogP contribution in [0.2, 0.25) is 0 Å². The van der Waals surface area contributed by atoms with E-state index in [0.717, 1.165) is 12.1 Å². The zero-order valence-corrected chi connectivity index (χ0v) is 15.2. The molecule has 0 radical (unpaired) electrons. The predicted molar refractivity (Wildman–Crippen MR) is 93.5 cm³/mol. The molecule has 0 aromatic heterocycles. The maximum atomic E-state index is 13.1. The summed E-state index contributed by atoms with van der Waals surface area (Å²) in [5.74, 6) is -2.21. The molecule has 0 aliphatic carbocycles. The van der Waals surface area contributed by atoms with E-state index in [1.165, 1.54) is 30.3 Å². The Kier molecular flexibility index (Phi) is 7.26. The molecule has 2 unspecified atom stereocenters. The molecule has 146 valence electrons. The number of hydrogen-bond acceptors (Lipinski definition) is 4. The lowest BCUT2D eigenvalue weighted by atomic mass is 9.90. The van der Waals surface area contributed by atoms with E-state index in [4.69, 9.17) is 4.74 Å². The number of benzene rings is 2. The summed E-state index contributed by atoms with van der Waals surface area (Å²) in [4.78, 5) is 12.3. The van der Waals surface area contributed by atoms with E-state index >= 15 is 0 Å². The molecule has 0 aliphatic rings. The van der Waals surface area contributed by atoms with Gasteiger partial charge in [0.1, 0.15) is 5.82 Å². The van der Waals surface area contributed by atoms with Crippen LogP contribution < -0.4 is 0 Å². The van der Waals surface area contributed by atoms with E-state index in [0.29, 0.717) is 11.1 Å². The summed E-state index contributed by atoms with van der Waals surface area (Å²) in [5, 5.41) is 10.6. The van der Waals surface area contributed by atoms with Crippen LogP contribution in [-0.4, -0.2) is 23.2 Å². The van der Waals surface area contributed by atoms with Gasteiger partial charge in [0.2, 0.25) is 0 Å². The van der Waals surface area contributed by atoms with Crippen molar-refractivity contribution in [1.29, 1.82) is 0 Å². The standard InChI is InChI=1S/C19H18F4O3S/c1-2-26-18(25)16(17(24)13-6-8-14(20)9-7-13)11-12-4-3-5-15(10-12)27-19(21,22)23/h3-10,16-17,24H,2,11H2,1H3. The molecular weight excluding hydrogens is 384 g/mol. The summed E-state index contributed by atoms with van der Waals surface area (Å²) in [6, 6.07) is 10.7. The van der Waals surface area contributed by atoms with Crippen molar-refractivity contribution in [1.82, 2.24) is 0 Å². The first-order valence-electron chi connectivity index (χ1n) is 8.14. The molecule has 0 spiro atoms. The van der Waals surface area contributed by atoms with Gasteiger partial charge in [0.05, 0.1) is 18.6 Å². The Morgan fingerprint density at radius 3 is 2.44 bits per heavy atom. The first-order chi connectivity index (χ1) is 12.7. The molecule has 3 nitrogen and oxygen atoms in total. The number of halogens is 4. The van der Waals surface area contributed by atoms with Gasteiger partial charge >= 0.3 is 11.5 Å². The van der Waals surface area contributed by atoms with E-state index < -0.39 is 29.3 Å².